The number of aromatic nitrogens is 3. The van der Waals surface area contributed by atoms with Crippen LogP contribution in [-0.2, 0) is 0 Å². The summed E-state index contributed by atoms with van der Waals surface area (Å²) in [5.41, 5.74) is 1.94. The molecular formula is C16H14BrN5O2. The van der Waals surface area contributed by atoms with E-state index in [0.29, 0.717) is 10.3 Å². The van der Waals surface area contributed by atoms with Crippen molar-refractivity contribution in [3.05, 3.63) is 75.1 Å². The Morgan fingerprint density at radius 1 is 1.33 bits per heavy atom. The lowest BCUT2D eigenvalue weighted by molar-refractivity contribution is -0.385. The third-order valence-corrected chi connectivity index (χ3v) is 4.15. The smallest absolute Gasteiger partial charge is 0.288 e. The summed E-state index contributed by atoms with van der Waals surface area (Å²) in [6.45, 7) is 2.00. The highest BCUT2D eigenvalue weighted by molar-refractivity contribution is 9.10. The van der Waals surface area contributed by atoms with Gasteiger partial charge in [-0.2, -0.15) is 5.10 Å². The van der Waals surface area contributed by atoms with Gasteiger partial charge in [0.25, 0.3) is 5.69 Å². The van der Waals surface area contributed by atoms with Gasteiger partial charge in [-0.05, 0) is 40.5 Å². The van der Waals surface area contributed by atoms with Crippen LogP contribution in [0.1, 0.15) is 18.5 Å². The summed E-state index contributed by atoms with van der Waals surface area (Å²) in [4.78, 5) is 14.5. The molecule has 2 heterocycles. The quantitative estimate of drug-likeness (QED) is 0.525. The van der Waals surface area contributed by atoms with E-state index in [9.17, 15) is 10.1 Å². The second-order valence-electron chi connectivity index (χ2n) is 5.16. The molecule has 0 aliphatic rings. The highest BCUT2D eigenvalue weighted by atomic mass is 79.9. The Kier molecular flexibility index (Phi) is 4.57. The van der Waals surface area contributed by atoms with Crippen molar-refractivity contribution < 1.29 is 4.92 Å². The molecule has 0 saturated carbocycles. The average Bonchev–Trinajstić information content (AvgIpc) is 3.11. The molecule has 7 nitrogen and oxygen atoms in total. The summed E-state index contributed by atoms with van der Waals surface area (Å²) >= 11 is 3.33. The Labute approximate surface area is 146 Å². The van der Waals surface area contributed by atoms with Gasteiger partial charge in [0, 0.05) is 18.5 Å². The molecule has 122 valence electrons. The Morgan fingerprint density at radius 3 is 2.79 bits per heavy atom. The average molecular weight is 388 g/mol. The zero-order valence-corrected chi connectivity index (χ0v) is 14.3. The fourth-order valence-corrected chi connectivity index (χ4v) is 2.84. The van der Waals surface area contributed by atoms with E-state index in [-0.39, 0.29) is 11.7 Å². The van der Waals surface area contributed by atoms with Crippen LogP contribution in [0.3, 0.4) is 0 Å². The van der Waals surface area contributed by atoms with Gasteiger partial charge in [0.15, 0.2) is 0 Å². The molecular weight excluding hydrogens is 374 g/mol. The first-order valence-corrected chi connectivity index (χ1v) is 8.01. The lowest BCUT2D eigenvalue weighted by atomic mass is 10.1. The third-order valence-electron chi connectivity index (χ3n) is 3.55. The number of nitrogens with one attached hydrogen (secondary N) is 1. The number of anilines is 1. The molecule has 24 heavy (non-hydrogen) atoms. The lowest BCUT2D eigenvalue weighted by Crippen LogP contribution is -2.12. The van der Waals surface area contributed by atoms with Crippen LogP contribution in [-0.4, -0.2) is 19.7 Å². The zero-order valence-electron chi connectivity index (χ0n) is 12.8. The summed E-state index contributed by atoms with van der Waals surface area (Å²) < 4.78 is 2.34. The maximum Gasteiger partial charge on any atom is 0.288 e. The number of benzene rings is 1. The normalized spacial score (nSPS) is 11.9. The monoisotopic (exact) mass is 387 g/mol. The van der Waals surface area contributed by atoms with Crippen molar-refractivity contribution in [3.63, 3.8) is 0 Å². The van der Waals surface area contributed by atoms with Crippen LogP contribution in [0.4, 0.5) is 11.5 Å². The first-order valence-electron chi connectivity index (χ1n) is 7.21. The fourth-order valence-electron chi connectivity index (χ4n) is 2.39. The fraction of sp³-hybridized carbons (Fsp3) is 0.125. The number of halogens is 1. The van der Waals surface area contributed by atoms with Crippen molar-refractivity contribution in [3.8, 4) is 5.69 Å². The number of pyridine rings is 1. The summed E-state index contributed by atoms with van der Waals surface area (Å²) in [6, 6.07) is 11.1. The predicted octanol–water partition coefficient (Wildman–Crippen LogP) is 4.11. The molecule has 0 saturated heterocycles. The van der Waals surface area contributed by atoms with Gasteiger partial charge in [-0.25, -0.2) is 9.67 Å². The molecule has 0 aliphatic heterocycles. The van der Waals surface area contributed by atoms with Gasteiger partial charge in [-0.15, -0.1) is 0 Å². The van der Waals surface area contributed by atoms with Crippen LogP contribution in [0.2, 0.25) is 0 Å². The second kappa shape index (κ2) is 6.79. The van der Waals surface area contributed by atoms with Crippen molar-refractivity contribution in [2.45, 2.75) is 13.0 Å². The molecule has 1 N–H and O–H groups in total. The van der Waals surface area contributed by atoms with Crippen LogP contribution in [0.5, 0.6) is 0 Å². The van der Waals surface area contributed by atoms with Gasteiger partial charge in [0.2, 0.25) is 0 Å². The molecule has 0 aliphatic carbocycles. The SMILES string of the molecule is CC(Nc1ncc([N+](=O)[O-])cc1Br)c1ccccc1-n1cccn1. The summed E-state index contributed by atoms with van der Waals surface area (Å²) in [5, 5.41) is 18.3. The van der Waals surface area contributed by atoms with Gasteiger partial charge in [0.05, 0.1) is 21.1 Å². The van der Waals surface area contributed by atoms with Gasteiger partial charge < -0.3 is 5.32 Å². The molecule has 0 radical (unpaired) electrons. The summed E-state index contributed by atoms with van der Waals surface area (Å²) in [5.74, 6) is 0.545. The topological polar surface area (TPSA) is 85.9 Å². The number of nitro groups is 1. The predicted molar refractivity (Wildman–Crippen MR) is 94.2 cm³/mol. The minimum Gasteiger partial charge on any atom is -0.363 e. The molecule has 1 unspecified atom stereocenters. The zero-order chi connectivity index (χ0) is 17.1. The molecule has 1 atom stereocenters. The van der Waals surface area contributed by atoms with Crippen molar-refractivity contribution >= 4 is 27.4 Å². The van der Waals surface area contributed by atoms with Crippen molar-refractivity contribution in [1.82, 2.24) is 14.8 Å². The van der Waals surface area contributed by atoms with E-state index < -0.39 is 4.92 Å². The molecule has 0 spiro atoms. The Morgan fingerprint density at radius 2 is 2.12 bits per heavy atom. The van der Waals surface area contributed by atoms with E-state index in [1.807, 2.05) is 43.5 Å². The van der Waals surface area contributed by atoms with Crippen LogP contribution in [0, 0.1) is 10.1 Å². The highest BCUT2D eigenvalue weighted by Crippen LogP contribution is 2.29. The first-order chi connectivity index (χ1) is 11.6. The van der Waals surface area contributed by atoms with E-state index in [2.05, 4.69) is 31.3 Å². The van der Waals surface area contributed by atoms with Gasteiger partial charge >= 0.3 is 0 Å². The molecule has 1 aromatic carbocycles. The van der Waals surface area contributed by atoms with Crippen molar-refractivity contribution in [1.29, 1.82) is 0 Å². The Hall–Kier alpha value is -2.74. The van der Waals surface area contributed by atoms with Crippen LogP contribution in [0.15, 0.2) is 59.5 Å². The van der Waals surface area contributed by atoms with E-state index in [0.717, 1.165) is 11.3 Å². The van der Waals surface area contributed by atoms with Crippen LogP contribution in [0.25, 0.3) is 5.69 Å². The lowest BCUT2D eigenvalue weighted by Gasteiger charge is -2.19. The second-order valence-corrected chi connectivity index (χ2v) is 6.01. The number of nitrogens with zero attached hydrogens (tertiary/aromatic N) is 4. The number of hydrogen-bond acceptors (Lipinski definition) is 5. The molecule has 3 aromatic rings. The minimum atomic E-state index is -0.474. The van der Waals surface area contributed by atoms with Gasteiger partial charge in [0.1, 0.15) is 12.0 Å². The third kappa shape index (κ3) is 3.28. The maximum atomic E-state index is 10.8. The highest BCUT2D eigenvalue weighted by Gasteiger charge is 2.15. The van der Waals surface area contributed by atoms with Gasteiger partial charge in [-0.1, -0.05) is 18.2 Å². The number of para-hydroxylation sites is 1. The molecule has 3 rings (SSSR count). The molecule has 0 fully saturated rings. The van der Waals surface area contributed by atoms with Crippen molar-refractivity contribution in [2.75, 3.05) is 5.32 Å². The molecule has 2 aromatic heterocycles. The van der Waals surface area contributed by atoms with E-state index in [4.69, 9.17) is 0 Å². The molecule has 0 bridgehead atoms. The summed E-state index contributed by atoms with van der Waals surface area (Å²) in [6.07, 6.45) is 4.84. The number of rotatable bonds is 5. The van der Waals surface area contributed by atoms with Gasteiger partial charge in [-0.3, -0.25) is 10.1 Å². The number of hydrogen-bond donors (Lipinski definition) is 1. The Balaban J connectivity index is 1.89. The van der Waals surface area contributed by atoms with Crippen LogP contribution < -0.4 is 5.32 Å². The molecule has 0 amide bonds. The van der Waals surface area contributed by atoms with E-state index in [1.165, 1.54) is 12.3 Å². The largest absolute Gasteiger partial charge is 0.363 e. The Bertz CT molecular complexity index is 867. The first kappa shape index (κ1) is 16.1. The van der Waals surface area contributed by atoms with Crippen molar-refractivity contribution in [2.24, 2.45) is 0 Å². The van der Waals surface area contributed by atoms with Crippen LogP contribution >= 0.6 is 15.9 Å². The minimum absolute atomic E-state index is 0.0583. The standard InChI is InChI=1S/C16H14BrN5O2/c1-11(20-16-14(17)9-12(10-18-16)22(23)24)13-5-2-3-6-15(13)21-8-4-7-19-21/h2-11H,1H3,(H,18,20). The van der Waals surface area contributed by atoms with E-state index >= 15 is 0 Å². The molecule has 8 heteroatoms. The maximum absolute atomic E-state index is 10.8. The van der Waals surface area contributed by atoms with E-state index in [1.54, 1.807) is 10.9 Å². The summed E-state index contributed by atoms with van der Waals surface area (Å²) in [7, 11) is 0.